The van der Waals surface area contributed by atoms with Crippen molar-refractivity contribution in [1.29, 1.82) is 0 Å². The molecule has 31 heavy (non-hydrogen) atoms. The van der Waals surface area contributed by atoms with Crippen molar-refractivity contribution in [2.24, 2.45) is 0 Å². The van der Waals surface area contributed by atoms with E-state index >= 15 is 0 Å². The lowest BCUT2D eigenvalue weighted by atomic mass is 9.87. The number of anilines is 1. The van der Waals surface area contributed by atoms with Gasteiger partial charge >= 0.3 is 5.97 Å². The number of nitrogens with zero attached hydrogens (tertiary/aromatic N) is 2. The first-order chi connectivity index (χ1) is 17.2. The molecule has 0 aliphatic carbocycles. The van der Waals surface area contributed by atoms with E-state index in [9.17, 15) is 9.90 Å². The summed E-state index contributed by atoms with van der Waals surface area (Å²) >= 11 is 6.13. The number of carboxylic acid groups (broad SMARTS) is 1. The van der Waals surface area contributed by atoms with Crippen LogP contribution in [-0.4, -0.2) is 34.7 Å². The van der Waals surface area contributed by atoms with Crippen LogP contribution in [-0.2, 0) is 16.0 Å². The fraction of sp³-hybridized carbons (Fsp3) is 0.400. The van der Waals surface area contributed by atoms with Crippen LogP contribution < -0.4 is 4.90 Å². The molecule has 0 amide bonds. The first-order valence-corrected chi connectivity index (χ1v) is 10.3. The molecule has 0 unspecified atom stereocenters. The molecule has 0 radical (unpaired) electrons. The number of halogens is 1. The van der Waals surface area contributed by atoms with Crippen LogP contribution in [0.1, 0.15) is 53.3 Å². The van der Waals surface area contributed by atoms with Crippen LogP contribution in [0.2, 0.25) is 5.02 Å². The van der Waals surface area contributed by atoms with Crippen molar-refractivity contribution in [3.05, 3.63) is 52.2 Å². The largest absolute Gasteiger partial charge is 0.479 e. The van der Waals surface area contributed by atoms with Gasteiger partial charge in [-0.15, -0.1) is 0 Å². The SMILES string of the molecule is [2H]C([2H])([2H])N1c2c(C)c([C@H](OC(C)(C)C)C(=O)O)c(-c3ccc(Cl)cc3)c3cc(C)n(c23)C([2H])([2H])C1([2H])[2H]. The highest BCUT2D eigenvalue weighted by molar-refractivity contribution is 6.30. The standard InChI is InChI=1S/C25H29ClN2O3/c1-14-13-18-20(16-7-9-17(26)10-8-16)19(23(24(29)30)31-25(3,4)5)15(2)21-22(18)28(14)12-11-27(21)6/h7-10,13,23H,11-12H2,1-6H3,(H,29,30)/t23-/m0/s1/i6D3,11D2,12D2. The van der Waals surface area contributed by atoms with Gasteiger partial charge in [-0.2, -0.15) is 0 Å². The first-order valence-electron chi connectivity index (χ1n) is 13.4. The van der Waals surface area contributed by atoms with Gasteiger partial charge in [-0.1, -0.05) is 23.7 Å². The number of aromatic nitrogens is 1. The summed E-state index contributed by atoms with van der Waals surface area (Å²) in [5.74, 6) is -1.31. The van der Waals surface area contributed by atoms with Gasteiger partial charge in [-0.25, -0.2) is 4.79 Å². The van der Waals surface area contributed by atoms with Crippen LogP contribution in [0.4, 0.5) is 5.69 Å². The van der Waals surface area contributed by atoms with Crippen molar-refractivity contribution in [2.75, 3.05) is 18.4 Å². The Balaban J connectivity index is 2.30. The Morgan fingerprint density at radius 2 is 1.94 bits per heavy atom. The number of aliphatic carboxylic acids is 1. The Bertz CT molecular complexity index is 1440. The van der Waals surface area contributed by atoms with Crippen molar-refractivity contribution in [3.63, 3.8) is 0 Å². The van der Waals surface area contributed by atoms with Gasteiger partial charge in [0.2, 0.25) is 0 Å². The Morgan fingerprint density at radius 3 is 2.52 bits per heavy atom. The molecule has 1 aliphatic rings. The maximum absolute atomic E-state index is 12.7. The second-order valence-corrected chi connectivity index (χ2v) is 9.10. The molecule has 1 N–H and O–H groups in total. The molecular weight excluding hydrogens is 412 g/mol. The lowest BCUT2D eigenvalue weighted by Crippen LogP contribution is -2.31. The van der Waals surface area contributed by atoms with Gasteiger partial charge in [0.1, 0.15) is 0 Å². The van der Waals surface area contributed by atoms with Crippen LogP contribution in [0, 0.1) is 13.8 Å². The molecule has 3 aromatic rings. The highest BCUT2D eigenvalue weighted by atomic mass is 35.5. The van der Waals surface area contributed by atoms with Gasteiger partial charge in [0.15, 0.2) is 6.10 Å². The number of carbonyl (C=O) groups is 1. The van der Waals surface area contributed by atoms with Crippen LogP contribution in [0.25, 0.3) is 22.0 Å². The number of benzene rings is 2. The van der Waals surface area contributed by atoms with Gasteiger partial charge in [-0.05, 0) is 69.5 Å². The number of aryl methyl sites for hydroxylation is 2. The third-order valence-electron chi connectivity index (χ3n) is 5.29. The van der Waals surface area contributed by atoms with Crippen LogP contribution in [0.15, 0.2) is 30.3 Å². The van der Waals surface area contributed by atoms with Gasteiger partial charge in [0.25, 0.3) is 0 Å². The minimum absolute atomic E-state index is 0.107. The minimum atomic E-state index is -3.10. The lowest BCUT2D eigenvalue weighted by Gasteiger charge is -2.34. The van der Waals surface area contributed by atoms with Crippen molar-refractivity contribution in [2.45, 2.75) is 52.8 Å². The van der Waals surface area contributed by atoms with E-state index in [-0.39, 0.29) is 22.3 Å². The quantitative estimate of drug-likeness (QED) is 0.535. The van der Waals surface area contributed by atoms with Crippen molar-refractivity contribution in [3.8, 4) is 11.1 Å². The average Bonchev–Trinajstić information content (AvgIpc) is 3.09. The predicted molar refractivity (Wildman–Crippen MR) is 126 cm³/mol. The molecule has 2 aromatic carbocycles. The third kappa shape index (κ3) is 3.70. The molecule has 0 saturated heterocycles. The van der Waals surface area contributed by atoms with Crippen molar-refractivity contribution >= 4 is 34.2 Å². The Kier molecular flexibility index (Phi) is 3.55. The highest BCUT2D eigenvalue weighted by Gasteiger charge is 2.35. The molecule has 5 nitrogen and oxygen atoms in total. The molecule has 1 aromatic heterocycles. The summed E-state index contributed by atoms with van der Waals surface area (Å²) in [4.78, 5) is 13.1. The molecular formula is C25H29ClN2O3. The molecule has 1 aliphatic heterocycles. The Hall–Kier alpha value is -2.50. The average molecular weight is 448 g/mol. The molecule has 164 valence electrons. The van der Waals surface area contributed by atoms with Crippen LogP contribution in [0.3, 0.4) is 0 Å². The Labute approximate surface area is 198 Å². The van der Waals surface area contributed by atoms with Gasteiger partial charge < -0.3 is 19.3 Å². The maximum Gasteiger partial charge on any atom is 0.337 e. The zero-order valence-corrected chi connectivity index (χ0v) is 18.8. The number of ether oxygens (including phenoxy) is 1. The second kappa shape index (κ2) is 7.57. The summed E-state index contributed by atoms with van der Waals surface area (Å²) < 4.78 is 66.6. The summed E-state index contributed by atoms with van der Waals surface area (Å²) in [7, 11) is 0. The molecule has 0 bridgehead atoms. The van der Waals surface area contributed by atoms with Gasteiger partial charge in [-0.3, -0.25) is 0 Å². The highest BCUT2D eigenvalue weighted by Crippen LogP contribution is 2.47. The molecule has 6 heteroatoms. The summed E-state index contributed by atoms with van der Waals surface area (Å²) in [6.45, 7) is -0.672. The van der Waals surface area contributed by atoms with Gasteiger partial charge in [0, 0.05) is 45.7 Å². The summed E-state index contributed by atoms with van der Waals surface area (Å²) in [5.41, 5.74) is 0.784. The van der Waals surface area contributed by atoms with Crippen LogP contribution >= 0.6 is 11.6 Å². The van der Waals surface area contributed by atoms with E-state index in [2.05, 4.69) is 0 Å². The fourth-order valence-corrected chi connectivity index (χ4v) is 4.24. The number of carboxylic acids is 1. The molecule has 0 spiro atoms. The topological polar surface area (TPSA) is 54.7 Å². The predicted octanol–water partition coefficient (Wildman–Crippen LogP) is 5.97. The molecule has 2 heterocycles. The molecule has 0 fully saturated rings. The van der Waals surface area contributed by atoms with E-state index in [1.165, 1.54) is 6.92 Å². The lowest BCUT2D eigenvalue weighted by molar-refractivity contribution is -0.160. The molecule has 1 atom stereocenters. The Morgan fingerprint density at radius 1 is 1.26 bits per heavy atom. The van der Waals surface area contributed by atoms with E-state index < -0.39 is 37.6 Å². The van der Waals surface area contributed by atoms with Crippen molar-refractivity contribution < 1.29 is 24.2 Å². The normalized spacial score (nSPS) is 21.9. The van der Waals surface area contributed by atoms with E-state index in [4.69, 9.17) is 25.9 Å². The third-order valence-corrected chi connectivity index (χ3v) is 5.55. The molecule has 0 saturated carbocycles. The zero-order chi connectivity index (χ0) is 28.7. The maximum atomic E-state index is 12.7. The number of hydrogen-bond donors (Lipinski definition) is 1. The zero-order valence-electron chi connectivity index (χ0n) is 25.0. The monoisotopic (exact) mass is 447 g/mol. The number of hydrogen-bond acceptors (Lipinski definition) is 3. The summed E-state index contributed by atoms with van der Waals surface area (Å²) in [6, 6.07) is 8.29. The van der Waals surface area contributed by atoms with E-state index in [1.807, 2.05) is 0 Å². The van der Waals surface area contributed by atoms with Gasteiger partial charge in [0.05, 0.1) is 22.3 Å². The summed E-state index contributed by atoms with van der Waals surface area (Å²) in [6.07, 6.45) is -1.55. The number of likely N-dealkylation sites (N-methyl/N-ethyl adjacent to an activating group) is 1. The fourth-order valence-electron chi connectivity index (χ4n) is 4.12. The summed E-state index contributed by atoms with van der Waals surface area (Å²) in [5, 5.41) is 11.2. The van der Waals surface area contributed by atoms with E-state index in [1.54, 1.807) is 58.0 Å². The van der Waals surface area contributed by atoms with E-state index in [0.29, 0.717) is 32.1 Å². The van der Waals surface area contributed by atoms with E-state index in [0.717, 1.165) is 4.57 Å². The van der Waals surface area contributed by atoms with Crippen molar-refractivity contribution in [1.82, 2.24) is 4.57 Å². The smallest absolute Gasteiger partial charge is 0.337 e. The minimum Gasteiger partial charge on any atom is -0.479 e. The second-order valence-electron chi connectivity index (χ2n) is 8.66. The number of rotatable bonds is 4. The molecule has 4 rings (SSSR count). The van der Waals surface area contributed by atoms with Crippen LogP contribution in [0.5, 0.6) is 0 Å². The first kappa shape index (κ1) is 14.5.